The highest BCUT2D eigenvalue weighted by atomic mass is 19.1. The largest absolute Gasteiger partial charge is 0.354 e. The van der Waals surface area contributed by atoms with Crippen molar-refractivity contribution in [1.82, 2.24) is 5.16 Å². The maximum Gasteiger partial charge on any atom is 0.240 e. The van der Waals surface area contributed by atoms with Crippen molar-refractivity contribution < 1.29 is 18.1 Å². The Morgan fingerprint density at radius 2 is 2.00 bits per heavy atom. The van der Waals surface area contributed by atoms with E-state index in [1.807, 2.05) is 0 Å². The van der Waals surface area contributed by atoms with Crippen LogP contribution >= 0.6 is 0 Å². The summed E-state index contributed by atoms with van der Waals surface area (Å²) in [5, 5.41) is 3.32. The fourth-order valence-corrected chi connectivity index (χ4v) is 1.25. The highest BCUT2D eigenvalue weighted by Crippen LogP contribution is 2.33. The minimum Gasteiger partial charge on any atom is -0.354 e. The van der Waals surface area contributed by atoms with Crippen LogP contribution in [-0.4, -0.2) is 11.2 Å². The smallest absolute Gasteiger partial charge is 0.240 e. The van der Waals surface area contributed by atoms with Gasteiger partial charge in [-0.25, -0.2) is 13.6 Å². The van der Waals surface area contributed by atoms with E-state index in [2.05, 4.69) is 14.7 Å². The number of isocyanates is 1. The number of halogens is 2. The lowest BCUT2D eigenvalue weighted by Crippen LogP contribution is -1.87. The summed E-state index contributed by atoms with van der Waals surface area (Å²) in [6, 6.07) is 3.35. The molecule has 0 bridgehead atoms. The van der Waals surface area contributed by atoms with Gasteiger partial charge >= 0.3 is 0 Å². The van der Waals surface area contributed by atoms with Gasteiger partial charge in [0.15, 0.2) is 5.76 Å². The number of aromatic nitrogens is 1. The van der Waals surface area contributed by atoms with Gasteiger partial charge in [0.25, 0.3) is 0 Å². The van der Waals surface area contributed by atoms with Crippen molar-refractivity contribution >= 4 is 11.8 Å². The van der Waals surface area contributed by atoms with E-state index in [1.165, 1.54) is 12.1 Å². The van der Waals surface area contributed by atoms with Crippen LogP contribution in [0, 0.1) is 11.6 Å². The van der Waals surface area contributed by atoms with Crippen molar-refractivity contribution in [3.63, 3.8) is 0 Å². The molecule has 0 amide bonds. The third-order valence-electron chi connectivity index (χ3n) is 1.91. The van der Waals surface area contributed by atoms with Crippen molar-refractivity contribution in [2.45, 2.75) is 0 Å². The molecule has 0 aliphatic carbocycles. The molecule has 0 aliphatic heterocycles. The summed E-state index contributed by atoms with van der Waals surface area (Å²) in [4.78, 5) is 13.3. The molecule has 6 heteroatoms. The zero-order valence-electron chi connectivity index (χ0n) is 7.78. The molecular formula is C10H4F2N2O2. The second kappa shape index (κ2) is 4.04. The minimum atomic E-state index is -0.820. The van der Waals surface area contributed by atoms with E-state index in [0.29, 0.717) is 0 Å². The van der Waals surface area contributed by atoms with Crippen LogP contribution < -0.4 is 0 Å². The fraction of sp³-hybridized carbons (Fsp3) is 0. The summed E-state index contributed by atoms with van der Waals surface area (Å²) in [5.74, 6) is -1.88. The standard InChI is InChI=1S/C10H4F2N2O2/c11-6-2-1-3-7(12)9(6)10-8(13-5-15)4-14-16-10/h1-4H. The van der Waals surface area contributed by atoms with Crippen LogP contribution in [0.15, 0.2) is 33.9 Å². The van der Waals surface area contributed by atoms with Gasteiger partial charge in [-0.1, -0.05) is 11.2 Å². The second-order valence-electron chi connectivity index (χ2n) is 2.84. The van der Waals surface area contributed by atoms with Gasteiger partial charge in [-0.2, -0.15) is 4.99 Å². The molecule has 0 aliphatic rings. The Labute approximate surface area is 88.2 Å². The molecule has 0 spiro atoms. The molecule has 4 nitrogen and oxygen atoms in total. The van der Waals surface area contributed by atoms with E-state index in [1.54, 1.807) is 0 Å². The molecule has 1 aromatic heterocycles. The van der Waals surface area contributed by atoms with E-state index in [-0.39, 0.29) is 11.4 Å². The SMILES string of the molecule is O=C=Nc1cnoc1-c1c(F)cccc1F. The number of nitrogens with zero attached hydrogens (tertiary/aromatic N) is 2. The van der Waals surface area contributed by atoms with E-state index < -0.39 is 17.2 Å². The number of hydrogen-bond donors (Lipinski definition) is 0. The van der Waals surface area contributed by atoms with Crippen molar-refractivity contribution in [3.8, 4) is 11.3 Å². The third kappa shape index (κ3) is 1.62. The first kappa shape index (κ1) is 10.2. The molecule has 0 saturated heterocycles. The zero-order chi connectivity index (χ0) is 11.5. The lowest BCUT2D eigenvalue weighted by Gasteiger charge is -2.00. The van der Waals surface area contributed by atoms with E-state index in [4.69, 9.17) is 0 Å². The summed E-state index contributed by atoms with van der Waals surface area (Å²) >= 11 is 0. The molecule has 1 heterocycles. The molecule has 1 aromatic carbocycles. The number of aliphatic imine (C=N–C) groups is 1. The van der Waals surface area contributed by atoms with Crippen LogP contribution in [0.25, 0.3) is 11.3 Å². The molecule has 0 unspecified atom stereocenters. The van der Waals surface area contributed by atoms with Gasteiger partial charge in [0.1, 0.15) is 17.3 Å². The van der Waals surface area contributed by atoms with E-state index in [9.17, 15) is 13.6 Å². The summed E-state index contributed by atoms with van der Waals surface area (Å²) in [7, 11) is 0. The Balaban J connectivity index is 2.67. The predicted octanol–water partition coefficient (Wildman–Crippen LogP) is 2.59. The van der Waals surface area contributed by atoms with E-state index in [0.717, 1.165) is 18.3 Å². The summed E-state index contributed by atoms with van der Waals surface area (Å²) < 4.78 is 31.4. The Morgan fingerprint density at radius 3 is 2.62 bits per heavy atom. The van der Waals surface area contributed by atoms with Gasteiger partial charge in [-0.05, 0) is 12.1 Å². The highest BCUT2D eigenvalue weighted by Gasteiger charge is 2.18. The molecule has 0 atom stereocenters. The van der Waals surface area contributed by atoms with Crippen LogP contribution in [0.1, 0.15) is 0 Å². The Bertz CT molecular complexity index is 554. The lowest BCUT2D eigenvalue weighted by atomic mass is 10.1. The number of benzene rings is 1. The highest BCUT2D eigenvalue weighted by molar-refractivity contribution is 5.72. The average molecular weight is 222 g/mol. The maximum absolute atomic E-state index is 13.4. The maximum atomic E-state index is 13.4. The van der Waals surface area contributed by atoms with Crippen LogP contribution in [0.5, 0.6) is 0 Å². The molecule has 0 saturated carbocycles. The van der Waals surface area contributed by atoms with Crippen LogP contribution in [0.2, 0.25) is 0 Å². The molecule has 0 N–H and O–H groups in total. The van der Waals surface area contributed by atoms with Crippen molar-refractivity contribution in [2.75, 3.05) is 0 Å². The fourth-order valence-electron chi connectivity index (χ4n) is 1.25. The average Bonchev–Trinajstić information content (AvgIpc) is 2.67. The van der Waals surface area contributed by atoms with Gasteiger partial charge in [0, 0.05) is 0 Å². The molecule has 2 rings (SSSR count). The number of carbonyl (C=O) groups excluding carboxylic acids is 1. The molecule has 2 aromatic rings. The lowest BCUT2D eigenvalue weighted by molar-refractivity contribution is 0.427. The molecular weight excluding hydrogens is 218 g/mol. The first-order valence-electron chi connectivity index (χ1n) is 4.21. The van der Waals surface area contributed by atoms with Gasteiger partial charge in [0.05, 0.1) is 11.8 Å². The van der Waals surface area contributed by atoms with Gasteiger partial charge in [0.2, 0.25) is 6.08 Å². The monoisotopic (exact) mass is 222 g/mol. The normalized spacial score (nSPS) is 9.88. The molecule has 0 radical (unpaired) electrons. The summed E-state index contributed by atoms with van der Waals surface area (Å²) in [5.41, 5.74) is -0.479. The van der Waals surface area contributed by atoms with Crippen molar-refractivity contribution in [1.29, 1.82) is 0 Å². The van der Waals surface area contributed by atoms with Crippen molar-refractivity contribution in [3.05, 3.63) is 36.0 Å². The first-order valence-corrected chi connectivity index (χ1v) is 4.21. The summed E-state index contributed by atoms with van der Waals surface area (Å²) in [6.07, 6.45) is 2.32. The first-order chi connectivity index (χ1) is 7.74. The molecule has 16 heavy (non-hydrogen) atoms. The third-order valence-corrected chi connectivity index (χ3v) is 1.91. The molecule has 80 valence electrons. The van der Waals surface area contributed by atoms with Gasteiger partial charge in [-0.3, -0.25) is 0 Å². The Hall–Kier alpha value is -2.33. The van der Waals surface area contributed by atoms with Crippen LogP contribution in [0.3, 0.4) is 0 Å². The minimum absolute atomic E-state index is 0.0704. The van der Waals surface area contributed by atoms with Gasteiger partial charge < -0.3 is 4.52 Å². The van der Waals surface area contributed by atoms with Gasteiger partial charge in [-0.15, -0.1) is 0 Å². The quantitative estimate of drug-likeness (QED) is 0.579. The van der Waals surface area contributed by atoms with Crippen LogP contribution in [0.4, 0.5) is 14.5 Å². The van der Waals surface area contributed by atoms with E-state index >= 15 is 0 Å². The topological polar surface area (TPSA) is 55.5 Å². The Kier molecular flexibility index (Phi) is 2.57. The van der Waals surface area contributed by atoms with Crippen LogP contribution in [-0.2, 0) is 4.79 Å². The zero-order valence-corrected chi connectivity index (χ0v) is 7.78. The molecule has 0 fully saturated rings. The number of rotatable bonds is 2. The van der Waals surface area contributed by atoms with Crippen molar-refractivity contribution in [2.24, 2.45) is 4.99 Å². The Morgan fingerprint density at radius 1 is 1.31 bits per heavy atom. The second-order valence-corrected chi connectivity index (χ2v) is 2.84. The summed E-state index contributed by atoms with van der Waals surface area (Å²) in [6.45, 7) is 0. The number of hydrogen-bond acceptors (Lipinski definition) is 4. The predicted molar refractivity (Wildman–Crippen MR) is 49.6 cm³/mol.